The number of aromatic nitrogens is 4. The lowest BCUT2D eigenvalue weighted by Gasteiger charge is -2.35. The van der Waals surface area contributed by atoms with Crippen LogP contribution in [0.4, 0.5) is 0 Å². The van der Waals surface area contributed by atoms with Gasteiger partial charge in [0.25, 0.3) is 0 Å². The summed E-state index contributed by atoms with van der Waals surface area (Å²) in [5.41, 5.74) is 2.29. The van der Waals surface area contributed by atoms with Crippen LogP contribution in [0.1, 0.15) is 17.6 Å². The average molecular weight is 323 g/mol. The fourth-order valence-electron chi connectivity index (χ4n) is 3.18. The zero-order valence-electron chi connectivity index (χ0n) is 13.7. The maximum atomic E-state index is 5.70. The van der Waals surface area contributed by atoms with Crippen LogP contribution in [0.3, 0.4) is 0 Å². The normalized spacial score (nSPS) is 18.8. The largest absolute Gasteiger partial charge is 0.378 e. The molecule has 2 aromatic heterocycles. The van der Waals surface area contributed by atoms with Gasteiger partial charge in [0, 0.05) is 25.5 Å². The lowest BCUT2D eigenvalue weighted by Crippen LogP contribution is -2.40. The highest BCUT2D eigenvalue weighted by Gasteiger charge is 2.27. The number of ether oxygens (including phenoxy) is 1. The highest BCUT2D eigenvalue weighted by atomic mass is 16.5. The Labute approximate surface area is 141 Å². The van der Waals surface area contributed by atoms with Gasteiger partial charge < -0.3 is 9.30 Å². The van der Waals surface area contributed by atoms with E-state index < -0.39 is 0 Å². The van der Waals surface area contributed by atoms with Crippen molar-refractivity contribution in [2.45, 2.75) is 12.6 Å². The van der Waals surface area contributed by atoms with Gasteiger partial charge in [0.2, 0.25) is 0 Å². The monoisotopic (exact) mass is 323 g/mol. The molecule has 1 aromatic carbocycles. The van der Waals surface area contributed by atoms with Gasteiger partial charge >= 0.3 is 0 Å². The average Bonchev–Trinajstić information content (AvgIpc) is 3.25. The van der Waals surface area contributed by atoms with E-state index in [1.807, 2.05) is 35.0 Å². The molecule has 124 valence electrons. The highest BCUT2D eigenvalue weighted by molar-refractivity contribution is 5.29. The third-order valence-corrected chi connectivity index (χ3v) is 4.47. The molecule has 0 N–H and O–H groups in total. The third-order valence-electron chi connectivity index (χ3n) is 4.47. The molecule has 0 radical (unpaired) electrons. The number of hydrogen-bond acceptors (Lipinski definition) is 4. The molecule has 0 saturated carbocycles. The topological polar surface area (TPSA) is 48.1 Å². The molecule has 6 heteroatoms. The molecule has 6 nitrogen and oxygen atoms in total. The standard InChI is InChI=1S/C18H21N5O/c1-21-9-5-8-16(21)17-13-24-11-10-22(17)12-18-19-14-23(20-18)15-6-3-2-4-7-15/h2-9,14,17H,10-13H2,1H3/t17-/m1/s1. The van der Waals surface area contributed by atoms with Crippen molar-refractivity contribution < 1.29 is 4.74 Å². The Balaban J connectivity index is 1.53. The van der Waals surface area contributed by atoms with E-state index in [1.54, 1.807) is 6.33 Å². The lowest BCUT2D eigenvalue weighted by molar-refractivity contribution is -0.0163. The minimum atomic E-state index is 0.238. The van der Waals surface area contributed by atoms with Crippen LogP contribution in [-0.4, -0.2) is 44.0 Å². The fraction of sp³-hybridized carbons (Fsp3) is 0.333. The van der Waals surface area contributed by atoms with Crippen LogP contribution in [0.15, 0.2) is 55.0 Å². The molecule has 24 heavy (non-hydrogen) atoms. The number of rotatable bonds is 4. The van der Waals surface area contributed by atoms with Crippen molar-refractivity contribution in [3.05, 3.63) is 66.5 Å². The predicted molar refractivity (Wildman–Crippen MR) is 90.7 cm³/mol. The maximum absolute atomic E-state index is 5.70. The molecule has 0 unspecified atom stereocenters. The van der Waals surface area contributed by atoms with Gasteiger partial charge in [0.15, 0.2) is 5.82 Å². The van der Waals surface area contributed by atoms with Crippen molar-refractivity contribution in [1.82, 2.24) is 24.2 Å². The highest BCUT2D eigenvalue weighted by Crippen LogP contribution is 2.25. The maximum Gasteiger partial charge on any atom is 0.165 e. The van der Waals surface area contributed by atoms with Gasteiger partial charge in [-0.2, -0.15) is 0 Å². The lowest BCUT2D eigenvalue weighted by atomic mass is 10.1. The Bertz CT molecular complexity index is 795. The molecule has 0 bridgehead atoms. The summed E-state index contributed by atoms with van der Waals surface area (Å²) in [6, 6.07) is 14.5. The summed E-state index contributed by atoms with van der Waals surface area (Å²) in [4.78, 5) is 6.88. The van der Waals surface area contributed by atoms with E-state index in [0.717, 1.165) is 31.2 Å². The van der Waals surface area contributed by atoms with Gasteiger partial charge in [0.05, 0.1) is 31.5 Å². The van der Waals surface area contributed by atoms with Crippen LogP contribution in [0.25, 0.3) is 5.69 Å². The quantitative estimate of drug-likeness (QED) is 0.738. The van der Waals surface area contributed by atoms with Gasteiger partial charge in [-0.05, 0) is 24.3 Å². The molecule has 0 amide bonds. The van der Waals surface area contributed by atoms with Crippen molar-refractivity contribution in [3.63, 3.8) is 0 Å². The van der Waals surface area contributed by atoms with Crippen molar-refractivity contribution in [2.75, 3.05) is 19.8 Å². The van der Waals surface area contributed by atoms with Gasteiger partial charge in [-0.25, -0.2) is 9.67 Å². The number of benzene rings is 1. The Morgan fingerprint density at radius 3 is 2.83 bits per heavy atom. The Kier molecular flexibility index (Phi) is 4.15. The first-order valence-electron chi connectivity index (χ1n) is 8.20. The molecule has 0 spiro atoms. The molecule has 1 atom stereocenters. The second-order valence-corrected chi connectivity index (χ2v) is 6.05. The molecular formula is C18H21N5O. The summed E-state index contributed by atoms with van der Waals surface area (Å²) >= 11 is 0. The first-order valence-corrected chi connectivity index (χ1v) is 8.20. The van der Waals surface area contributed by atoms with Crippen LogP contribution in [0, 0.1) is 0 Å². The summed E-state index contributed by atoms with van der Waals surface area (Å²) in [6.45, 7) is 3.06. The van der Waals surface area contributed by atoms with Gasteiger partial charge in [-0.15, -0.1) is 5.10 Å². The van der Waals surface area contributed by atoms with Gasteiger partial charge in [-0.3, -0.25) is 4.90 Å². The summed E-state index contributed by atoms with van der Waals surface area (Å²) in [5.74, 6) is 0.833. The van der Waals surface area contributed by atoms with Gasteiger partial charge in [-0.1, -0.05) is 18.2 Å². The number of aryl methyl sites for hydroxylation is 1. The Hall–Kier alpha value is -2.44. The van der Waals surface area contributed by atoms with Crippen molar-refractivity contribution in [1.29, 1.82) is 0 Å². The number of hydrogen-bond donors (Lipinski definition) is 0. The van der Waals surface area contributed by atoms with Crippen LogP contribution >= 0.6 is 0 Å². The zero-order valence-corrected chi connectivity index (χ0v) is 13.7. The predicted octanol–water partition coefficient (Wildman–Crippen LogP) is 2.18. The SMILES string of the molecule is Cn1cccc1[C@H]1COCCN1Cc1ncn(-c2ccccc2)n1. The molecule has 3 heterocycles. The molecular weight excluding hydrogens is 302 g/mol. The Morgan fingerprint density at radius 2 is 2.04 bits per heavy atom. The molecule has 4 rings (SSSR count). The zero-order chi connectivity index (χ0) is 16.4. The minimum absolute atomic E-state index is 0.238. The molecule has 1 saturated heterocycles. The number of morpholine rings is 1. The van der Waals surface area contributed by atoms with E-state index in [-0.39, 0.29) is 6.04 Å². The summed E-state index contributed by atoms with van der Waals surface area (Å²) in [7, 11) is 2.07. The second-order valence-electron chi connectivity index (χ2n) is 6.05. The molecule has 1 aliphatic rings. The first kappa shape index (κ1) is 15.1. The van der Waals surface area contributed by atoms with Crippen molar-refractivity contribution >= 4 is 0 Å². The van der Waals surface area contributed by atoms with E-state index in [4.69, 9.17) is 4.74 Å². The Morgan fingerprint density at radius 1 is 1.17 bits per heavy atom. The van der Waals surface area contributed by atoms with E-state index >= 15 is 0 Å². The summed E-state index contributed by atoms with van der Waals surface area (Å²) in [5, 5.41) is 4.63. The van der Waals surface area contributed by atoms with E-state index in [1.165, 1.54) is 5.69 Å². The second kappa shape index (κ2) is 6.59. The fourth-order valence-corrected chi connectivity index (χ4v) is 3.18. The molecule has 1 fully saturated rings. The van der Waals surface area contributed by atoms with Crippen LogP contribution < -0.4 is 0 Å². The first-order chi connectivity index (χ1) is 11.8. The number of para-hydroxylation sites is 1. The smallest absolute Gasteiger partial charge is 0.165 e. The van der Waals surface area contributed by atoms with Crippen molar-refractivity contribution in [2.24, 2.45) is 7.05 Å². The van der Waals surface area contributed by atoms with E-state index in [2.05, 4.69) is 44.9 Å². The van der Waals surface area contributed by atoms with E-state index in [0.29, 0.717) is 6.61 Å². The van der Waals surface area contributed by atoms with E-state index in [9.17, 15) is 0 Å². The van der Waals surface area contributed by atoms with Crippen LogP contribution in [0.5, 0.6) is 0 Å². The molecule has 3 aromatic rings. The van der Waals surface area contributed by atoms with Crippen LogP contribution in [-0.2, 0) is 18.3 Å². The summed E-state index contributed by atoms with van der Waals surface area (Å²) in [6.07, 6.45) is 3.85. The van der Waals surface area contributed by atoms with Crippen molar-refractivity contribution in [3.8, 4) is 5.69 Å². The third kappa shape index (κ3) is 2.98. The number of nitrogens with zero attached hydrogens (tertiary/aromatic N) is 5. The molecule has 1 aliphatic heterocycles. The van der Waals surface area contributed by atoms with Crippen LogP contribution in [0.2, 0.25) is 0 Å². The van der Waals surface area contributed by atoms with Gasteiger partial charge in [0.1, 0.15) is 6.33 Å². The molecule has 0 aliphatic carbocycles. The minimum Gasteiger partial charge on any atom is -0.378 e. The summed E-state index contributed by atoms with van der Waals surface area (Å²) < 4.78 is 9.68.